The van der Waals surface area contributed by atoms with E-state index in [0.717, 1.165) is 0 Å². The summed E-state index contributed by atoms with van der Waals surface area (Å²) in [5.74, 6) is 0. The Morgan fingerprint density at radius 2 is 1.00 bits per heavy atom. The zero-order valence-corrected chi connectivity index (χ0v) is 4.73. The SMILES string of the molecule is O.[F][Re]([F])[F]. The third kappa shape index (κ3) is 151. The number of rotatable bonds is 0. The van der Waals surface area contributed by atoms with Crippen molar-refractivity contribution in [2.75, 3.05) is 0 Å². The van der Waals surface area contributed by atoms with Gasteiger partial charge in [-0.25, -0.2) is 0 Å². The number of hydrogen-bond acceptors (Lipinski definition) is 0. The van der Waals surface area contributed by atoms with Gasteiger partial charge in [0.15, 0.2) is 0 Å². The van der Waals surface area contributed by atoms with Gasteiger partial charge in [0.2, 0.25) is 0 Å². The Morgan fingerprint density at radius 3 is 1.00 bits per heavy atom. The van der Waals surface area contributed by atoms with Crippen LogP contribution in [0.15, 0.2) is 0 Å². The summed E-state index contributed by atoms with van der Waals surface area (Å²) >= 11 is -4.96. The fraction of sp³-hybridized carbons (Fsp3) is 0. The summed E-state index contributed by atoms with van der Waals surface area (Å²) in [6, 6.07) is 0. The average Bonchev–Trinajstić information content (AvgIpc) is 0.811. The molecule has 0 aliphatic heterocycles. The van der Waals surface area contributed by atoms with Crippen LogP contribution in [0, 0.1) is 0 Å². The molecule has 0 rings (SSSR count). The third-order valence-electron chi connectivity index (χ3n) is 0. The van der Waals surface area contributed by atoms with Crippen LogP contribution in [0.2, 0.25) is 0 Å². The van der Waals surface area contributed by atoms with E-state index < -0.39 is 18.3 Å². The predicted molar refractivity (Wildman–Crippen MR) is 6.94 cm³/mol. The molecule has 0 unspecified atom stereocenters. The van der Waals surface area contributed by atoms with Crippen LogP contribution in [0.25, 0.3) is 0 Å². The van der Waals surface area contributed by atoms with Crippen molar-refractivity contribution in [2.24, 2.45) is 0 Å². The van der Waals surface area contributed by atoms with E-state index in [1.165, 1.54) is 0 Å². The van der Waals surface area contributed by atoms with E-state index in [9.17, 15) is 9.67 Å². The molecule has 0 aromatic rings. The van der Waals surface area contributed by atoms with Crippen LogP contribution in [0.1, 0.15) is 0 Å². The number of halogens is 3. The Morgan fingerprint density at radius 1 is 1.00 bits per heavy atom. The molecule has 0 heterocycles. The minimum absolute atomic E-state index is 0. The molecule has 0 saturated heterocycles. The number of hydrogen-bond donors (Lipinski definition) is 0. The molecule has 0 bridgehead atoms. The van der Waals surface area contributed by atoms with E-state index in [-0.39, 0.29) is 5.48 Å². The molecule has 36 valence electrons. The predicted octanol–water partition coefficient (Wildman–Crippen LogP) is 0.433. The fourth-order valence-electron chi connectivity index (χ4n) is 0. The second kappa shape index (κ2) is 4.41. The third-order valence-corrected chi connectivity index (χ3v) is 0. The second-order valence-electron chi connectivity index (χ2n) is 0.162. The van der Waals surface area contributed by atoms with Crippen LogP contribution in [0.5, 0.6) is 0 Å². The van der Waals surface area contributed by atoms with Crippen molar-refractivity contribution in [1.29, 1.82) is 0 Å². The zero-order chi connectivity index (χ0) is 3.58. The van der Waals surface area contributed by atoms with Gasteiger partial charge in [-0.1, -0.05) is 0 Å². The Hall–Kier alpha value is 0.412. The van der Waals surface area contributed by atoms with Gasteiger partial charge in [0.1, 0.15) is 0 Å². The monoisotopic (exact) mass is 262 g/mol. The van der Waals surface area contributed by atoms with E-state index >= 15 is 0 Å². The normalized spacial score (nSPS) is 9.00. The maximum absolute atomic E-state index is 9.85. The molecule has 0 amide bonds. The molecule has 0 spiro atoms. The van der Waals surface area contributed by atoms with Crippen LogP contribution < -0.4 is 0 Å². The van der Waals surface area contributed by atoms with Crippen molar-refractivity contribution in [1.82, 2.24) is 0 Å². The van der Waals surface area contributed by atoms with E-state index in [1.54, 1.807) is 0 Å². The molecular formula is H2F3ORe. The van der Waals surface area contributed by atoms with Gasteiger partial charge in [0.05, 0.1) is 0 Å². The first kappa shape index (κ1) is 9.05. The van der Waals surface area contributed by atoms with Crippen LogP contribution >= 0.6 is 0 Å². The maximum atomic E-state index is 9.85. The van der Waals surface area contributed by atoms with Gasteiger partial charge in [-0.15, -0.1) is 0 Å². The van der Waals surface area contributed by atoms with Gasteiger partial charge in [-0.05, 0) is 0 Å². The van der Waals surface area contributed by atoms with Crippen molar-refractivity contribution in [3.8, 4) is 0 Å². The van der Waals surface area contributed by atoms with Crippen molar-refractivity contribution >= 4 is 0 Å². The molecule has 5 heavy (non-hydrogen) atoms. The van der Waals surface area contributed by atoms with Crippen LogP contribution in [-0.2, 0) is 18.3 Å². The Bertz CT molecular complexity index is 11.6. The van der Waals surface area contributed by atoms with Gasteiger partial charge in [-0.2, -0.15) is 0 Å². The summed E-state index contributed by atoms with van der Waals surface area (Å²) in [6.45, 7) is 0. The molecule has 0 fully saturated rings. The van der Waals surface area contributed by atoms with Crippen LogP contribution in [-0.4, -0.2) is 5.48 Å². The first-order valence-electron chi connectivity index (χ1n) is 0.429. The van der Waals surface area contributed by atoms with Gasteiger partial charge in [0, 0.05) is 0 Å². The summed E-state index contributed by atoms with van der Waals surface area (Å²) in [5.41, 5.74) is 0. The molecule has 5 heteroatoms. The van der Waals surface area contributed by atoms with E-state index in [2.05, 4.69) is 0 Å². The molecule has 0 aromatic heterocycles. The van der Waals surface area contributed by atoms with Gasteiger partial charge in [-0.3, -0.25) is 0 Å². The van der Waals surface area contributed by atoms with E-state index in [4.69, 9.17) is 0 Å². The van der Waals surface area contributed by atoms with Gasteiger partial charge >= 0.3 is 28.0 Å². The standard InChI is InChI=1S/3FH.H2O.Re/h3*1H;1H2;/q;;;;+3/p-3. The Balaban J connectivity index is 0. The molecule has 0 aromatic carbocycles. The van der Waals surface area contributed by atoms with E-state index in [1.807, 2.05) is 0 Å². The van der Waals surface area contributed by atoms with E-state index in [0.29, 0.717) is 0 Å². The molecule has 1 nitrogen and oxygen atoms in total. The average molecular weight is 261 g/mol. The first-order chi connectivity index (χ1) is 1.73. The van der Waals surface area contributed by atoms with Crippen molar-refractivity contribution < 1.29 is 33.4 Å². The van der Waals surface area contributed by atoms with Crippen molar-refractivity contribution in [2.45, 2.75) is 0 Å². The topological polar surface area (TPSA) is 31.5 Å². The first-order valence-corrected chi connectivity index (χ1v) is 3.51. The quantitative estimate of drug-likeness (QED) is 0.606. The molecule has 0 atom stereocenters. The summed E-state index contributed by atoms with van der Waals surface area (Å²) in [6.07, 6.45) is 0. The Labute approximate surface area is 34.2 Å². The second-order valence-corrected chi connectivity index (χ2v) is 1.33. The summed E-state index contributed by atoms with van der Waals surface area (Å²) in [7, 11) is 0. The molecule has 0 radical (unpaired) electrons. The molecular weight excluding hydrogens is 259 g/mol. The fourth-order valence-corrected chi connectivity index (χ4v) is 0. The molecule has 0 aliphatic carbocycles. The summed E-state index contributed by atoms with van der Waals surface area (Å²) in [5, 5.41) is 0. The molecule has 2 N–H and O–H groups in total. The van der Waals surface area contributed by atoms with Crippen LogP contribution in [0.4, 0.5) is 9.67 Å². The molecule has 0 aliphatic rings. The molecule has 0 saturated carbocycles. The van der Waals surface area contributed by atoms with Gasteiger partial charge < -0.3 is 5.48 Å². The van der Waals surface area contributed by atoms with Crippen LogP contribution in [0.3, 0.4) is 0 Å². The van der Waals surface area contributed by atoms with Crippen molar-refractivity contribution in [3.05, 3.63) is 0 Å². The summed E-state index contributed by atoms with van der Waals surface area (Å²) in [4.78, 5) is 0. The summed E-state index contributed by atoms with van der Waals surface area (Å²) < 4.78 is 29.6. The minimum atomic E-state index is -4.96. The van der Waals surface area contributed by atoms with Gasteiger partial charge in [0.25, 0.3) is 0 Å². The zero-order valence-electron chi connectivity index (χ0n) is 2.01. The van der Waals surface area contributed by atoms with Crippen molar-refractivity contribution in [3.63, 3.8) is 0 Å². The Kier molecular flexibility index (Phi) is 7.99.